The quantitative estimate of drug-likeness (QED) is 0.842. The highest BCUT2D eigenvalue weighted by molar-refractivity contribution is 7.89. The summed E-state index contributed by atoms with van der Waals surface area (Å²) in [5.74, 6) is 0.364. The predicted molar refractivity (Wildman–Crippen MR) is 80.8 cm³/mol. The molecule has 1 rings (SSSR count). The van der Waals surface area contributed by atoms with Gasteiger partial charge in [0.05, 0.1) is 4.90 Å². The molecule has 2 N–H and O–H groups in total. The van der Waals surface area contributed by atoms with Gasteiger partial charge in [-0.3, -0.25) is 0 Å². The van der Waals surface area contributed by atoms with E-state index in [9.17, 15) is 8.42 Å². The summed E-state index contributed by atoms with van der Waals surface area (Å²) in [6, 6.07) is 1.72. The van der Waals surface area contributed by atoms with E-state index in [-0.39, 0.29) is 0 Å². The molecule has 0 spiro atoms. The Morgan fingerprint density at radius 2 is 2.05 bits per heavy atom. The SMILES string of the molecule is CCC(C)CN(CC)S(=O)(=O)c1cc(CN)sc1C. The molecule has 1 aromatic heterocycles. The largest absolute Gasteiger partial charge is 0.326 e. The fraction of sp³-hybridized carbons (Fsp3) is 0.692. The highest BCUT2D eigenvalue weighted by Crippen LogP contribution is 2.28. The second kappa shape index (κ2) is 6.83. The van der Waals surface area contributed by atoms with Crippen LogP contribution in [0.15, 0.2) is 11.0 Å². The number of aryl methyl sites for hydroxylation is 1. The van der Waals surface area contributed by atoms with Crippen LogP contribution in [-0.4, -0.2) is 25.8 Å². The van der Waals surface area contributed by atoms with Gasteiger partial charge in [0.2, 0.25) is 10.0 Å². The van der Waals surface area contributed by atoms with Crippen molar-refractivity contribution < 1.29 is 8.42 Å². The van der Waals surface area contributed by atoms with Gasteiger partial charge in [-0.2, -0.15) is 4.31 Å². The Hall–Kier alpha value is -0.430. The zero-order valence-corrected chi connectivity index (χ0v) is 13.8. The van der Waals surface area contributed by atoms with Crippen molar-refractivity contribution in [3.05, 3.63) is 15.8 Å². The van der Waals surface area contributed by atoms with Gasteiger partial charge in [0, 0.05) is 29.4 Å². The Morgan fingerprint density at radius 1 is 1.42 bits per heavy atom. The Labute approximate surface area is 120 Å². The molecule has 0 aliphatic heterocycles. The van der Waals surface area contributed by atoms with Gasteiger partial charge in [-0.1, -0.05) is 27.2 Å². The highest BCUT2D eigenvalue weighted by atomic mass is 32.2. The van der Waals surface area contributed by atoms with E-state index in [0.717, 1.165) is 16.2 Å². The number of sulfonamides is 1. The van der Waals surface area contributed by atoms with Crippen molar-refractivity contribution in [1.29, 1.82) is 0 Å². The summed E-state index contributed by atoms with van der Waals surface area (Å²) in [7, 11) is -3.39. The summed E-state index contributed by atoms with van der Waals surface area (Å²) in [6.07, 6.45) is 0.975. The standard InChI is InChI=1S/C13H24N2O2S2/c1-5-10(3)9-15(6-2)19(16,17)13-7-12(8-14)18-11(13)4/h7,10H,5-6,8-9,14H2,1-4H3. The van der Waals surface area contributed by atoms with E-state index in [1.165, 1.54) is 11.3 Å². The topological polar surface area (TPSA) is 63.4 Å². The number of hydrogen-bond acceptors (Lipinski definition) is 4. The summed E-state index contributed by atoms with van der Waals surface area (Å²) in [4.78, 5) is 2.15. The lowest BCUT2D eigenvalue weighted by molar-refractivity contribution is 0.361. The van der Waals surface area contributed by atoms with E-state index < -0.39 is 10.0 Å². The van der Waals surface area contributed by atoms with E-state index in [2.05, 4.69) is 13.8 Å². The van der Waals surface area contributed by atoms with Crippen LogP contribution >= 0.6 is 11.3 Å². The maximum absolute atomic E-state index is 12.7. The number of rotatable bonds is 7. The van der Waals surface area contributed by atoms with Crippen molar-refractivity contribution in [2.24, 2.45) is 11.7 Å². The monoisotopic (exact) mass is 304 g/mol. The van der Waals surface area contributed by atoms with Crippen LogP contribution in [0.5, 0.6) is 0 Å². The second-order valence-corrected chi connectivity index (χ2v) is 8.05. The Balaban J connectivity index is 3.09. The molecule has 0 aliphatic rings. The third-order valence-corrected chi connectivity index (χ3v) is 6.58. The molecule has 0 radical (unpaired) electrons. The van der Waals surface area contributed by atoms with Crippen molar-refractivity contribution in [2.45, 2.75) is 45.6 Å². The minimum atomic E-state index is -3.39. The van der Waals surface area contributed by atoms with E-state index >= 15 is 0 Å². The fourth-order valence-corrected chi connectivity index (χ4v) is 4.95. The summed E-state index contributed by atoms with van der Waals surface area (Å²) in [5, 5.41) is 0. The molecule has 0 aromatic carbocycles. The lowest BCUT2D eigenvalue weighted by Gasteiger charge is -2.23. The summed E-state index contributed by atoms with van der Waals surface area (Å²) in [5.41, 5.74) is 5.59. The summed E-state index contributed by atoms with van der Waals surface area (Å²) >= 11 is 1.46. The van der Waals surface area contributed by atoms with Crippen molar-refractivity contribution in [3.63, 3.8) is 0 Å². The molecule has 1 atom stereocenters. The third kappa shape index (κ3) is 3.78. The first-order valence-corrected chi connectivity index (χ1v) is 8.91. The Bertz CT molecular complexity index is 509. The molecule has 4 nitrogen and oxygen atoms in total. The molecule has 6 heteroatoms. The first-order valence-electron chi connectivity index (χ1n) is 6.66. The van der Waals surface area contributed by atoms with Gasteiger partial charge in [0.1, 0.15) is 0 Å². The van der Waals surface area contributed by atoms with Crippen molar-refractivity contribution in [2.75, 3.05) is 13.1 Å². The number of thiophene rings is 1. The molecule has 19 heavy (non-hydrogen) atoms. The van der Waals surface area contributed by atoms with E-state index in [4.69, 9.17) is 5.73 Å². The Morgan fingerprint density at radius 3 is 2.47 bits per heavy atom. The van der Waals surface area contributed by atoms with Crippen LogP contribution in [0.3, 0.4) is 0 Å². The fourth-order valence-electron chi connectivity index (χ4n) is 1.89. The van der Waals surface area contributed by atoms with Crippen LogP contribution in [0.4, 0.5) is 0 Å². The van der Waals surface area contributed by atoms with E-state index in [1.54, 1.807) is 10.4 Å². The molecule has 0 saturated carbocycles. The molecule has 110 valence electrons. The maximum atomic E-state index is 12.7. The lowest BCUT2D eigenvalue weighted by atomic mass is 10.1. The zero-order chi connectivity index (χ0) is 14.6. The third-order valence-electron chi connectivity index (χ3n) is 3.31. The molecule has 0 fully saturated rings. The van der Waals surface area contributed by atoms with Crippen LogP contribution in [0.25, 0.3) is 0 Å². The van der Waals surface area contributed by atoms with Crippen molar-refractivity contribution in [1.82, 2.24) is 4.31 Å². The van der Waals surface area contributed by atoms with Crippen LogP contribution in [-0.2, 0) is 16.6 Å². The molecule has 0 saturated heterocycles. The van der Waals surface area contributed by atoms with Crippen molar-refractivity contribution >= 4 is 21.4 Å². The van der Waals surface area contributed by atoms with Gasteiger partial charge in [-0.25, -0.2) is 8.42 Å². The van der Waals surface area contributed by atoms with Crippen LogP contribution in [0.2, 0.25) is 0 Å². The van der Waals surface area contributed by atoms with Gasteiger partial charge in [0.25, 0.3) is 0 Å². The molecular formula is C13H24N2O2S2. The lowest BCUT2D eigenvalue weighted by Crippen LogP contribution is -2.34. The Kier molecular flexibility index (Phi) is 5.98. The smallest absolute Gasteiger partial charge is 0.244 e. The zero-order valence-electron chi connectivity index (χ0n) is 12.1. The van der Waals surface area contributed by atoms with Gasteiger partial charge < -0.3 is 5.73 Å². The molecule has 1 aromatic rings. The summed E-state index contributed by atoms with van der Waals surface area (Å²) < 4.78 is 26.9. The number of nitrogens with two attached hydrogens (primary N) is 1. The summed E-state index contributed by atoms with van der Waals surface area (Å²) in [6.45, 7) is 9.33. The first kappa shape index (κ1) is 16.6. The molecule has 0 amide bonds. The molecular weight excluding hydrogens is 280 g/mol. The van der Waals surface area contributed by atoms with Gasteiger partial charge in [-0.15, -0.1) is 11.3 Å². The van der Waals surface area contributed by atoms with Gasteiger partial charge in [0.15, 0.2) is 0 Å². The molecule has 1 unspecified atom stereocenters. The number of nitrogens with zero attached hydrogens (tertiary/aromatic N) is 1. The van der Waals surface area contributed by atoms with Crippen LogP contribution in [0, 0.1) is 12.8 Å². The van der Waals surface area contributed by atoms with Gasteiger partial charge in [-0.05, 0) is 18.9 Å². The maximum Gasteiger partial charge on any atom is 0.244 e. The first-order chi connectivity index (χ1) is 8.86. The van der Waals surface area contributed by atoms with E-state index in [0.29, 0.717) is 30.4 Å². The van der Waals surface area contributed by atoms with Gasteiger partial charge >= 0.3 is 0 Å². The molecule has 1 heterocycles. The second-order valence-electron chi connectivity index (χ2n) is 4.81. The van der Waals surface area contributed by atoms with Crippen molar-refractivity contribution in [3.8, 4) is 0 Å². The minimum Gasteiger partial charge on any atom is -0.326 e. The molecule has 0 aliphatic carbocycles. The minimum absolute atomic E-state index is 0.364. The highest BCUT2D eigenvalue weighted by Gasteiger charge is 2.27. The average Bonchev–Trinajstić information content (AvgIpc) is 2.77. The van der Waals surface area contributed by atoms with E-state index in [1.807, 2.05) is 13.8 Å². The average molecular weight is 304 g/mol. The number of hydrogen-bond donors (Lipinski definition) is 1. The molecule has 0 bridgehead atoms. The predicted octanol–water partition coefficient (Wildman–Crippen LogP) is 2.57. The van der Waals surface area contributed by atoms with Crippen LogP contribution in [0.1, 0.15) is 36.9 Å². The van der Waals surface area contributed by atoms with Crippen LogP contribution < -0.4 is 5.73 Å². The normalized spacial score (nSPS) is 14.0.